The van der Waals surface area contributed by atoms with Gasteiger partial charge in [0.15, 0.2) is 3.95 Å². The fraction of sp³-hybridized carbons (Fsp3) is 0.364. The van der Waals surface area contributed by atoms with Gasteiger partial charge in [0.1, 0.15) is 6.54 Å². The molecule has 0 unspecified atom stereocenters. The summed E-state index contributed by atoms with van der Waals surface area (Å²) < 4.78 is 1.57. The summed E-state index contributed by atoms with van der Waals surface area (Å²) in [6.45, 7) is 2.34. The van der Waals surface area contributed by atoms with Gasteiger partial charge in [-0.05, 0) is 30.8 Å². The van der Waals surface area contributed by atoms with Gasteiger partial charge in [0.2, 0.25) is 5.88 Å². The van der Waals surface area contributed by atoms with Crippen molar-refractivity contribution in [3.63, 3.8) is 0 Å². The van der Waals surface area contributed by atoms with E-state index in [4.69, 9.17) is 17.3 Å². The lowest BCUT2D eigenvalue weighted by molar-refractivity contribution is -0.137. The molecule has 102 valence electrons. The maximum Gasteiger partial charge on any atom is 0.323 e. The normalized spacial score (nSPS) is 15.6. The number of carboxylic acid groups (broad SMARTS) is 1. The van der Waals surface area contributed by atoms with Crippen molar-refractivity contribution in [2.45, 2.75) is 13.5 Å². The molecule has 1 aromatic heterocycles. The molecule has 19 heavy (non-hydrogen) atoms. The predicted molar refractivity (Wildman–Crippen MR) is 80.9 cm³/mol. The number of thioether (sulfide) groups is 1. The fourth-order valence-electron chi connectivity index (χ4n) is 1.62. The molecule has 0 amide bonds. The molecule has 2 heterocycles. The van der Waals surface area contributed by atoms with Crippen molar-refractivity contribution in [2.75, 3.05) is 12.3 Å². The van der Waals surface area contributed by atoms with E-state index in [-0.39, 0.29) is 12.4 Å². The molecule has 5 nitrogen and oxygen atoms in total. The zero-order valence-corrected chi connectivity index (χ0v) is 12.6. The maximum absolute atomic E-state index is 10.7. The molecule has 8 heteroatoms. The van der Waals surface area contributed by atoms with Gasteiger partial charge < -0.3 is 10.2 Å². The Morgan fingerprint density at radius 2 is 2.37 bits per heavy atom. The van der Waals surface area contributed by atoms with Crippen LogP contribution in [0.25, 0.3) is 5.57 Å². The lowest BCUT2D eigenvalue weighted by Gasteiger charge is -2.02. The van der Waals surface area contributed by atoms with E-state index in [1.54, 1.807) is 11.8 Å². The predicted octanol–water partition coefficient (Wildman–Crippen LogP) is 2.62. The van der Waals surface area contributed by atoms with Crippen molar-refractivity contribution in [3.05, 3.63) is 14.9 Å². The Balaban J connectivity index is 2.35. The first-order chi connectivity index (χ1) is 8.99. The van der Waals surface area contributed by atoms with Crippen LogP contribution < -0.4 is 0 Å². The summed E-state index contributed by atoms with van der Waals surface area (Å²) in [6.07, 6.45) is 1.89. The Morgan fingerprint density at radius 1 is 1.63 bits per heavy atom. The Morgan fingerprint density at radius 3 is 2.95 bits per heavy atom. The highest BCUT2D eigenvalue weighted by Crippen LogP contribution is 2.33. The molecule has 1 aromatic rings. The summed E-state index contributed by atoms with van der Waals surface area (Å²) in [6, 6.07) is 0. The minimum atomic E-state index is -1.03. The van der Waals surface area contributed by atoms with Crippen molar-refractivity contribution in [3.8, 4) is 5.88 Å². The van der Waals surface area contributed by atoms with Gasteiger partial charge in [0.05, 0.1) is 9.92 Å². The quantitative estimate of drug-likeness (QED) is 0.835. The first-order valence-corrected chi connectivity index (χ1v) is 7.70. The minimum Gasteiger partial charge on any atom is -0.493 e. The average Bonchev–Trinajstić information content (AvgIpc) is 2.92. The molecule has 0 atom stereocenters. The number of aromatic hydroxyl groups is 1. The number of carboxylic acids is 1. The molecular formula is C11H12N2O3S3. The molecule has 0 saturated carbocycles. The van der Waals surface area contributed by atoms with Crippen LogP contribution in [-0.2, 0) is 11.3 Å². The van der Waals surface area contributed by atoms with Gasteiger partial charge >= 0.3 is 5.97 Å². The molecule has 0 spiro atoms. The van der Waals surface area contributed by atoms with Crippen LogP contribution in [0.4, 0.5) is 0 Å². The van der Waals surface area contributed by atoms with Crippen molar-refractivity contribution in [1.82, 2.24) is 4.57 Å². The highest BCUT2D eigenvalue weighted by atomic mass is 32.2. The van der Waals surface area contributed by atoms with E-state index in [9.17, 15) is 9.90 Å². The lowest BCUT2D eigenvalue weighted by atomic mass is 10.2. The van der Waals surface area contributed by atoms with Crippen molar-refractivity contribution >= 4 is 51.9 Å². The number of allylic oxidation sites excluding steroid dienone is 1. The van der Waals surface area contributed by atoms with Crippen LogP contribution in [0.3, 0.4) is 0 Å². The maximum atomic E-state index is 10.7. The van der Waals surface area contributed by atoms with Gasteiger partial charge in [-0.2, -0.15) is 0 Å². The highest BCUT2D eigenvalue weighted by Gasteiger charge is 2.16. The van der Waals surface area contributed by atoms with Crippen LogP contribution in [0.5, 0.6) is 5.88 Å². The van der Waals surface area contributed by atoms with Gasteiger partial charge in [-0.15, -0.1) is 23.1 Å². The molecule has 0 saturated heterocycles. The van der Waals surface area contributed by atoms with Crippen LogP contribution >= 0.6 is 35.3 Å². The molecule has 0 aromatic carbocycles. The molecule has 2 rings (SSSR count). The number of aliphatic imine (C=N–C) groups is 1. The van der Waals surface area contributed by atoms with Crippen LogP contribution in [-0.4, -0.2) is 38.1 Å². The number of hydrogen-bond acceptors (Lipinski definition) is 6. The molecule has 1 aliphatic rings. The Bertz CT molecular complexity index is 628. The van der Waals surface area contributed by atoms with Crippen molar-refractivity contribution in [2.24, 2.45) is 4.99 Å². The van der Waals surface area contributed by atoms with Crippen LogP contribution in [0.2, 0.25) is 0 Å². The molecule has 1 aliphatic heterocycles. The third-order valence-corrected chi connectivity index (χ3v) is 4.97. The number of aromatic nitrogens is 1. The van der Waals surface area contributed by atoms with Gasteiger partial charge in [-0.3, -0.25) is 14.4 Å². The SMILES string of the molecule is CC(=CC1=NCCS1)c1sc(=S)n(CC(=O)O)c1O. The second kappa shape index (κ2) is 5.89. The van der Waals surface area contributed by atoms with E-state index in [2.05, 4.69) is 4.99 Å². The fourth-order valence-corrected chi connectivity index (χ4v) is 3.71. The van der Waals surface area contributed by atoms with E-state index in [0.717, 1.165) is 22.9 Å². The third-order valence-electron chi connectivity index (χ3n) is 2.47. The van der Waals surface area contributed by atoms with E-state index in [1.807, 2.05) is 13.0 Å². The van der Waals surface area contributed by atoms with E-state index in [1.165, 1.54) is 15.9 Å². The molecule has 2 N–H and O–H groups in total. The van der Waals surface area contributed by atoms with E-state index < -0.39 is 5.97 Å². The molecule has 0 aliphatic carbocycles. The van der Waals surface area contributed by atoms with Crippen molar-refractivity contribution in [1.29, 1.82) is 0 Å². The molecule has 0 radical (unpaired) electrons. The zero-order valence-electron chi connectivity index (χ0n) is 10.1. The number of rotatable bonds is 4. The minimum absolute atomic E-state index is 0.0882. The number of carbonyl (C=O) groups is 1. The Hall–Kier alpha value is -1.12. The van der Waals surface area contributed by atoms with Crippen molar-refractivity contribution < 1.29 is 15.0 Å². The summed E-state index contributed by atoms with van der Waals surface area (Å²) >= 11 is 7.95. The lowest BCUT2D eigenvalue weighted by Crippen LogP contribution is -2.08. The molecule has 0 bridgehead atoms. The summed E-state index contributed by atoms with van der Waals surface area (Å²) in [5, 5.41) is 19.8. The van der Waals surface area contributed by atoms with Gasteiger partial charge in [0, 0.05) is 12.3 Å². The summed E-state index contributed by atoms with van der Waals surface area (Å²) in [5.74, 6) is -0.149. The number of thiazole rings is 1. The monoisotopic (exact) mass is 316 g/mol. The third kappa shape index (κ3) is 3.26. The van der Waals surface area contributed by atoms with Gasteiger partial charge in [-0.25, -0.2) is 0 Å². The topological polar surface area (TPSA) is 74.8 Å². The highest BCUT2D eigenvalue weighted by molar-refractivity contribution is 8.14. The number of nitrogens with zero attached hydrogens (tertiary/aromatic N) is 2. The summed E-state index contributed by atoms with van der Waals surface area (Å²) in [4.78, 5) is 15.6. The van der Waals surface area contributed by atoms with Crippen LogP contribution in [0.15, 0.2) is 11.1 Å². The average molecular weight is 316 g/mol. The van der Waals surface area contributed by atoms with Crippen LogP contribution in [0.1, 0.15) is 11.8 Å². The number of hydrogen-bond donors (Lipinski definition) is 2. The summed E-state index contributed by atoms with van der Waals surface area (Å²) in [5.41, 5.74) is 0.839. The first kappa shape index (κ1) is 14.3. The number of aliphatic carboxylic acids is 1. The van der Waals surface area contributed by atoms with Crippen LogP contribution in [0, 0.1) is 3.95 Å². The van der Waals surface area contributed by atoms with E-state index in [0.29, 0.717) is 8.83 Å². The van der Waals surface area contributed by atoms with Gasteiger partial charge in [0.25, 0.3) is 0 Å². The second-order valence-corrected chi connectivity index (χ2v) is 6.66. The molecular weight excluding hydrogens is 304 g/mol. The Kier molecular flexibility index (Phi) is 4.43. The Labute approximate surface area is 123 Å². The second-order valence-electron chi connectivity index (χ2n) is 3.90. The summed E-state index contributed by atoms with van der Waals surface area (Å²) in [7, 11) is 0. The molecule has 0 fully saturated rings. The van der Waals surface area contributed by atoms with Gasteiger partial charge in [-0.1, -0.05) is 0 Å². The first-order valence-electron chi connectivity index (χ1n) is 5.49. The van der Waals surface area contributed by atoms with E-state index >= 15 is 0 Å². The smallest absolute Gasteiger partial charge is 0.323 e. The standard InChI is InChI=1S/C11H12N2O3S3/c1-6(4-7-12-2-3-18-7)9-10(16)13(5-8(14)15)11(17)19-9/h4,16H,2-3,5H2,1H3,(H,14,15). The zero-order chi connectivity index (χ0) is 14.0. The largest absolute Gasteiger partial charge is 0.493 e.